The second-order valence-corrected chi connectivity index (χ2v) is 8.67. The maximum absolute atomic E-state index is 12.7. The van der Waals surface area contributed by atoms with Crippen molar-refractivity contribution in [2.45, 2.75) is 39.5 Å². The van der Waals surface area contributed by atoms with Crippen LogP contribution in [0.4, 0.5) is 11.4 Å². The SMILES string of the molecule is COc1ccc(Cl)cc1NC(=O)CN(C)CC(=O)Nc1c(C(C)C)cccc1C(C)C. The van der Waals surface area contributed by atoms with Gasteiger partial charge in [-0.25, -0.2) is 0 Å². The molecule has 0 aliphatic rings. The Bertz CT molecular complexity index is 902. The van der Waals surface area contributed by atoms with Gasteiger partial charge in [-0.15, -0.1) is 0 Å². The molecule has 0 saturated carbocycles. The van der Waals surface area contributed by atoms with Gasteiger partial charge in [0.25, 0.3) is 0 Å². The topological polar surface area (TPSA) is 70.7 Å². The molecule has 2 amide bonds. The van der Waals surface area contributed by atoms with Crippen molar-refractivity contribution in [3.8, 4) is 5.75 Å². The Labute approximate surface area is 189 Å². The number of nitrogens with one attached hydrogen (secondary N) is 2. The molecule has 0 aliphatic heterocycles. The molecule has 7 heteroatoms. The average Bonchev–Trinajstić information content (AvgIpc) is 2.67. The molecule has 0 aliphatic carbocycles. The lowest BCUT2D eigenvalue weighted by atomic mass is 9.92. The summed E-state index contributed by atoms with van der Waals surface area (Å²) in [6.07, 6.45) is 0. The van der Waals surface area contributed by atoms with E-state index >= 15 is 0 Å². The largest absolute Gasteiger partial charge is 0.495 e. The molecule has 0 unspecified atom stereocenters. The van der Waals surface area contributed by atoms with Gasteiger partial charge in [0, 0.05) is 10.7 Å². The number of methoxy groups -OCH3 is 1. The number of hydrogen-bond donors (Lipinski definition) is 2. The van der Waals surface area contributed by atoms with E-state index in [2.05, 4.69) is 38.3 Å². The predicted molar refractivity (Wildman–Crippen MR) is 127 cm³/mol. The van der Waals surface area contributed by atoms with Crippen molar-refractivity contribution in [1.82, 2.24) is 4.90 Å². The van der Waals surface area contributed by atoms with Gasteiger partial charge >= 0.3 is 0 Å². The van der Waals surface area contributed by atoms with Gasteiger partial charge in [0.15, 0.2) is 0 Å². The van der Waals surface area contributed by atoms with Gasteiger partial charge in [0.1, 0.15) is 5.75 Å². The molecule has 0 spiro atoms. The normalized spacial score (nSPS) is 11.2. The fourth-order valence-electron chi connectivity index (χ4n) is 3.39. The maximum Gasteiger partial charge on any atom is 0.238 e. The van der Waals surface area contributed by atoms with E-state index in [4.69, 9.17) is 16.3 Å². The minimum atomic E-state index is -0.263. The lowest BCUT2D eigenvalue weighted by Crippen LogP contribution is -2.36. The third kappa shape index (κ3) is 6.97. The van der Waals surface area contributed by atoms with E-state index in [1.165, 1.54) is 7.11 Å². The van der Waals surface area contributed by atoms with E-state index in [0.29, 0.717) is 16.5 Å². The zero-order chi connectivity index (χ0) is 23.1. The number of hydrogen-bond acceptors (Lipinski definition) is 4. The van der Waals surface area contributed by atoms with E-state index in [1.807, 2.05) is 18.2 Å². The van der Waals surface area contributed by atoms with Crippen molar-refractivity contribution in [2.75, 3.05) is 37.9 Å². The summed E-state index contributed by atoms with van der Waals surface area (Å²) < 4.78 is 5.25. The first-order valence-electron chi connectivity index (χ1n) is 10.4. The zero-order valence-electron chi connectivity index (χ0n) is 19.1. The quantitative estimate of drug-likeness (QED) is 0.563. The van der Waals surface area contributed by atoms with Crippen molar-refractivity contribution < 1.29 is 14.3 Å². The van der Waals surface area contributed by atoms with E-state index in [9.17, 15) is 9.59 Å². The van der Waals surface area contributed by atoms with Crippen LogP contribution in [0.2, 0.25) is 5.02 Å². The number of likely N-dealkylation sites (N-methyl/N-ethyl adjacent to an activating group) is 1. The third-order valence-electron chi connectivity index (χ3n) is 4.90. The second kappa shape index (κ2) is 11.2. The molecule has 0 bridgehead atoms. The molecule has 0 aromatic heterocycles. The number of ether oxygens (including phenoxy) is 1. The monoisotopic (exact) mass is 445 g/mol. The summed E-state index contributed by atoms with van der Waals surface area (Å²) >= 11 is 6.01. The van der Waals surface area contributed by atoms with Crippen LogP contribution in [-0.4, -0.2) is 44.0 Å². The Hall–Kier alpha value is -2.57. The fraction of sp³-hybridized carbons (Fsp3) is 0.417. The van der Waals surface area contributed by atoms with Crippen molar-refractivity contribution in [2.24, 2.45) is 0 Å². The molecule has 0 saturated heterocycles. The molecule has 0 heterocycles. The fourth-order valence-corrected chi connectivity index (χ4v) is 3.56. The minimum absolute atomic E-state index is 0.0476. The van der Waals surface area contributed by atoms with E-state index in [1.54, 1.807) is 30.1 Å². The number of para-hydroxylation sites is 1. The summed E-state index contributed by atoms with van der Waals surface area (Å²) in [6, 6.07) is 11.1. The van der Waals surface area contributed by atoms with Gasteiger partial charge in [0.05, 0.1) is 25.9 Å². The standard InChI is InChI=1S/C24H32ClN3O3/c1-15(2)18-8-7-9-19(16(3)4)24(18)27-23(30)14-28(5)13-22(29)26-20-12-17(25)10-11-21(20)31-6/h7-12,15-16H,13-14H2,1-6H3,(H,26,29)(H,27,30). The molecule has 31 heavy (non-hydrogen) atoms. The highest BCUT2D eigenvalue weighted by molar-refractivity contribution is 6.31. The number of halogens is 1. The zero-order valence-corrected chi connectivity index (χ0v) is 19.8. The van der Waals surface area contributed by atoms with Crippen LogP contribution in [0.5, 0.6) is 5.75 Å². The predicted octanol–water partition coefficient (Wildman–Crippen LogP) is 5.10. The number of rotatable bonds is 9. The highest BCUT2D eigenvalue weighted by Crippen LogP contribution is 2.32. The van der Waals surface area contributed by atoms with Crippen LogP contribution in [0, 0.1) is 0 Å². The summed E-state index contributed by atoms with van der Waals surface area (Å²) in [6.45, 7) is 8.56. The summed E-state index contributed by atoms with van der Waals surface area (Å²) in [7, 11) is 3.25. The number of anilines is 2. The molecular formula is C24H32ClN3O3. The average molecular weight is 446 g/mol. The van der Waals surface area contributed by atoms with Crippen LogP contribution in [0.15, 0.2) is 36.4 Å². The van der Waals surface area contributed by atoms with E-state index in [0.717, 1.165) is 16.8 Å². The molecule has 0 radical (unpaired) electrons. The van der Waals surface area contributed by atoms with Gasteiger partial charge in [-0.05, 0) is 48.2 Å². The highest BCUT2D eigenvalue weighted by Gasteiger charge is 2.18. The summed E-state index contributed by atoms with van der Waals surface area (Å²) in [5, 5.41) is 6.35. The third-order valence-corrected chi connectivity index (χ3v) is 5.14. The van der Waals surface area contributed by atoms with Crippen molar-refractivity contribution in [3.05, 3.63) is 52.5 Å². The van der Waals surface area contributed by atoms with Crippen LogP contribution >= 0.6 is 11.6 Å². The molecule has 6 nitrogen and oxygen atoms in total. The molecule has 2 aromatic rings. The summed E-state index contributed by atoms with van der Waals surface area (Å²) in [5.74, 6) is 0.659. The van der Waals surface area contributed by atoms with Gasteiger partial charge in [-0.3, -0.25) is 14.5 Å². The number of nitrogens with zero attached hydrogens (tertiary/aromatic N) is 1. The van der Waals surface area contributed by atoms with Gasteiger partial charge in [-0.2, -0.15) is 0 Å². The Balaban J connectivity index is 2.02. The van der Waals surface area contributed by atoms with Crippen molar-refractivity contribution in [1.29, 1.82) is 0 Å². The highest BCUT2D eigenvalue weighted by atomic mass is 35.5. The molecule has 0 atom stereocenters. The molecule has 2 rings (SSSR count). The van der Waals surface area contributed by atoms with Crippen LogP contribution in [0.3, 0.4) is 0 Å². The van der Waals surface area contributed by atoms with Crippen molar-refractivity contribution >= 4 is 34.8 Å². The Morgan fingerprint density at radius 2 is 1.52 bits per heavy atom. The lowest BCUT2D eigenvalue weighted by molar-refractivity contribution is -0.119. The van der Waals surface area contributed by atoms with Gasteiger partial charge < -0.3 is 15.4 Å². The first-order chi connectivity index (χ1) is 14.6. The van der Waals surface area contributed by atoms with Crippen LogP contribution in [0.25, 0.3) is 0 Å². The van der Waals surface area contributed by atoms with Gasteiger partial charge in [-0.1, -0.05) is 57.5 Å². The van der Waals surface area contributed by atoms with Crippen LogP contribution < -0.4 is 15.4 Å². The second-order valence-electron chi connectivity index (χ2n) is 8.23. The van der Waals surface area contributed by atoms with E-state index in [-0.39, 0.29) is 36.7 Å². The molecule has 168 valence electrons. The molecule has 2 aromatic carbocycles. The van der Waals surface area contributed by atoms with E-state index < -0.39 is 0 Å². The van der Waals surface area contributed by atoms with Crippen LogP contribution in [-0.2, 0) is 9.59 Å². The molecular weight excluding hydrogens is 414 g/mol. The maximum atomic E-state index is 12.7. The minimum Gasteiger partial charge on any atom is -0.495 e. The Morgan fingerprint density at radius 3 is 2.03 bits per heavy atom. The van der Waals surface area contributed by atoms with Crippen LogP contribution in [0.1, 0.15) is 50.7 Å². The molecule has 0 fully saturated rings. The number of carbonyl (C=O) groups excluding carboxylic acids is 2. The number of carbonyl (C=O) groups is 2. The van der Waals surface area contributed by atoms with Gasteiger partial charge in [0.2, 0.25) is 11.8 Å². The first kappa shape index (κ1) is 24.7. The summed E-state index contributed by atoms with van der Waals surface area (Å²) in [5.41, 5.74) is 3.57. The number of benzene rings is 2. The smallest absolute Gasteiger partial charge is 0.238 e. The Morgan fingerprint density at radius 1 is 0.968 bits per heavy atom. The summed E-state index contributed by atoms with van der Waals surface area (Å²) in [4.78, 5) is 26.8. The lowest BCUT2D eigenvalue weighted by Gasteiger charge is -2.22. The van der Waals surface area contributed by atoms with Crippen molar-refractivity contribution in [3.63, 3.8) is 0 Å². The first-order valence-corrected chi connectivity index (χ1v) is 10.7. The molecule has 2 N–H and O–H groups in total. The number of amides is 2. The Kier molecular flexibility index (Phi) is 8.89.